The molecule has 120 valence electrons. The molecule has 23 heavy (non-hydrogen) atoms. The van der Waals surface area contributed by atoms with Crippen molar-refractivity contribution in [2.75, 3.05) is 18.0 Å². The summed E-state index contributed by atoms with van der Waals surface area (Å²) >= 11 is 0. The summed E-state index contributed by atoms with van der Waals surface area (Å²) in [6.45, 7) is 8.65. The molecule has 3 heteroatoms. The van der Waals surface area contributed by atoms with Crippen LogP contribution in [-0.4, -0.2) is 24.0 Å². The Balaban J connectivity index is 1.69. The number of urea groups is 1. The highest BCUT2D eigenvalue weighted by Crippen LogP contribution is 2.24. The topological polar surface area (TPSA) is 23.6 Å². The van der Waals surface area contributed by atoms with Crippen LogP contribution in [0.3, 0.4) is 0 Å². The second kappa shape index (κ2) is 6.45. The van der Waals surface area contributed by atoms with Gasteiger partial charge in [0.1, 0.15) is 0 Å². The predicted octanol–water partition coefficient (Wildman–Crippen LogP) is 4.56. The van der Waals surface area contributed by atoms with Crippen LogP contribution in [0.5, 0.6) is 0 Å². The molecule has 0 spiro atoms. The molecule has 1 fully saturated rings. The van der Waals surface area contributed by atoms with E-state index in [9.17, 15) is 4.79 Å². The Kier molecular flexibility index (Phi) is 4.37. The lowest BCUT2D eigenvalue weighted by Gasteiger charge is -2.19. The van der Waals surface area contributed by atoms with Crippen LogP contribution in [0.1, 0.15) is 36.5 Å². The van der Waals surface area contributed by atoms with Crippen LogP contribution in [0, 0.1) is 6.92 Å². The second-order valence-electron chi connectivity index (χ2n) is 6.59. The number of carbonyl (C=O) groups is 1. The van der Waals surface area contributed by atoms with Gasteiger partial charge in [0.15, 0.2) is 0 Å². The van der Waals surface area contributed by atoms with Gasteiger partial charge in [-0.25, -0.2) is 4.79 Å². The number of rotatable bonds is 4. The zero-order chi connectivity index (χ0) is 16.4. The van der Waals surface area contributed by atoms with E-state index in [2.05, 4.69) is 69.3 Å². The van der Waals surface area contributed by atoms with Crippen LogP contribution in [0.2, 0.25) is 0 Å². The summed E-state index contributed by atoms with van der Waals surface area (Å²) in [4.78, 5) is 16.4. The van der Waals surface area contributed by atoms with Gasteiger partial charge in [0, 0.05) is 25.3 Å². The summed E-state index contributed by atoms with van der Waals surface area (Å²) in [6.07, 6.45) is 0. The molecule has 1 aliphatic heterocycles. The summed E-state index contributed by atoms with van der Waals surface area (Å²) in [5, 5.41) is 0. The number of hydrogen-bond acceptors (Lipinski definition) is 1. The molecule has 0 saturated carbocycles. The van der Waals surface area contributed by atoms with Gasteiger partial charge in [-0.1, -0.05) is 55.8 Å². The molecule has 1 heterocycles. The van der Waals surface area contributed by atoms with Crippen LogP contribution in [0.25, 0.3) is 0 Å². The summed E-state index contributed by atoms with van der Waals surface area (Å²) < 4.78 is 0. The smallest absolute Gasteiger partial charge is 0.318 e. The van der Waals surface area contributed by atoms with Crippen molar-refractivity contribution in [1.29, 1.82) is 0 Å². The molecule has 2 aromatic rings. The first-order valence-electron chi connectivity index (χ1n) is 8.26. The number of carbonyl (C=O) groups excluding carboxylic acids is 1. The zero-order valence-corrected chi connectivity index (χ0v) is 14.1. The van der Waals surface area contributed by atoms with E-state index in [4.69, 9.17) is 0 Å². The molecule has 0 aromatic heterocycles. The number of hydrogen-bond donors (Lipinski definition) is 0. The molecule has 2 aromatic carbocycles. The van der Waals surface area contributed by atoms with E-state index in [-0.39, 0.29) is 6.03 Å². The Morgan fingerprint density at radius 3 is 2.22 bits per heavy atom. The molecule has 0 radical (unpaired) electrons. The van der Waals surface area contributed by atoms with Gasteiger partial charge in [0.2, 0.25) is 0 Å². The van der Waals surface area contributed by atoms with Crippen LogP contribution in [0.4, 0.5) is 10.5 Å². The van der Waals surface area contributed by atoms with Crippen molar-refractivity contribution in [1.82, 2.24) is 4.90 Å². The quantitative estimate of drug-likeness (QED) is 0.812. The Morgan fingerprint density at radius 1 is 0.957 bits per heavy atom. The molecule has 0 aliphatic carbocycles. The summed E-state index contributed by atoms with van der Waals surface area (Å²) in [5.74, 6) is 0.511. The standard InChI is InChI=1S/C20H24N2O/c1-15(2)18-8-10-19(11-9-18)22-13-12-21(20(22)23)14-17-6-4-16(3)5-7-17/h4-11,15H,12-14H2,1-3H3. The molecular formula is C20H24N2O. The van der Waals surface area contributed by atoms with Gasteiger partial charge in [-0.15, -0.1) is 0 Å². The van der Waals surface area contributed by atoms with E-state index in [0.29, 0.717) is 12.5 Å². The minimum Gasteiger partial charge on any atom is -0.318 e. The summed E-state index contributed by atoms with van der Waals surface area (Å²) in [6, 6.07) is 16.8. The van der Waals surface area contributed by atoms with Crippen LogP contribution >= 0.6 is 0 Å². The minimum atomic E-state index is 0.0999. The highest BCUT2D eigenvalue weighted by atomic mass is 16.2. The lowest BCUT2D eigenvalue weighted by atomic mass is 10.0. The monoisotopic (exact) mass is 308 g/mol. The molecule has 0 atom stereocenters. The number of nitrogens with zero attached hydrogens (tertiary/aromatic N) is 2. The molecule has 3 rings (SSSR count). The first-order chi connectivity index (χ1) is 11.0. The van der Waals surface area contributed by atoms with Crippen molar-refractivity contribution in [2.45, 2.75) is 33.2 Å². The summed E-state index contributed by atoms with van der Waals surface area (Å²) in [7, 11) is 0. The highest BCUT2D eigenvalue weighted by molar-refractivity contribution is 5.94. The van der Waals surface area contributed by atoms with Gasteiger partial charge in [-0.3, -0.25) is 4.90 Å². The van der Waals surface area contributed by atoms with Crippen LogP contribution < -0.4 is 4.90 Å². The lowest BCUT2D eigenvalue weighted by Crippen LogP contribution is -2.31. The molecule has 1 aliphatic rings. The molecule has 1 saturated heterocycles. The Bertz CT molecular complexity index is 674. The summed E-state index contributed by atoms with van der Waals surface area (Å²) in [5.41, 5.74) is 4.72. The van der Waals surface area contributed by atoms with Gasteiger partial charge in [-0.05, 0) is 36.1 Å². The molecule has 3 nitrogen and oxygen atoms in total. The Labute approximate surface area is 138 Å². The highest BCUT2D eigenvalue weighted by Gasteiger charge is 2.29. The zero-order valence-electron chi connectivity index (χ0n) is 14.1. The Morgan fingerprint density at radius 2 is 1.61 bits per heavy atom. The van der Waals surface area contributed by atoms with Crippen molar-refractivity contribution in [3.63, 3.8) is 0 Å². The van der Waals surface area contributed by atoms with E-state index in [1.807, 2.05) is 9.80 Å². The maximum Gasteiger partial charge on any atom is 0.324 e. The number of anilines is 1. The van der Waals surface area contributed by atoms with Crippen molar-refractivity contribution in [3.8, 4) is 0 Å². The second-order valence-corrected chi connectivity index (χ2v) is 6.59. The average Bonchev–Trinajstić information content (AvgIpc) is 2.90. The van der Waals surface area contributed by atoms with Gasteiger partial charge >= 0.3 is 6.03 Å². The van der Waals surface area contributed by atoms with Crippen molar-refractivity contribution >= 4 is 11.7 Å². The minimum absolute atomic E-state index is 0.0999. The van der Waals surface area contributed by atoms with Crippen molar-refractivity contribution in [3.05, 3.63) is 65.2 Å². The fourth-order valence-corrected chi connectivity index (χ4v) is 2.92. The normalized spacial score (nSPS) is 14.9. The van der Waals surface area contributed by atoms with Gasteiger partial charge in [0.05, 0.1) is 0 Å². The van der Waals surface area contributed by atoms with E-state index in [0.717, 1.165) is 18.8 Å². The van der Waals surface area contributed by atoms with E-state index < -0.39 is 0 Å². The van der Waals surface area contributed by atoms with E-state index in [1.54, 1.807) is 0 Å². The first kappa shape index (κ1) is 15.6. The van der Waals surface area contributed by atoms with Gasteiger partial charge in [0.25, 0.3) is 0 Å². The SMILES string of the molecule is Cc1ccc(CN2CCN(c3ccc(C(C)C)cc3)C2=O)cc1. The molecular weight excluding hydrogens is 284 g/mol. The third kappa shape index (κ3) is 3.39. The van der Waals surface area contributed by atoms with Crippen LogP contribution in [0.15, 0.2) is 48.5 Å². The first-order valence-corrected chi connectivity index (χ1v) is 8.26. The Hall–Kier alpha value is -2.29. The maximum absolute atomic E-state index is 12.6. The number of benzene rings is 2. The van der Waals surface area contributed by atoms with Crippen molar-refractivity contribution < 1.29 is 4.79 Å². The lowest BCUT2D eigenvalue weighted by molar-refractivity contribution is 0.219. The third-order valence-electron chi connectivity index (χ3n) is 4.46. The maximum atomic E-state index is 12.6. The fourth-order valence-electron chi connectivity index (χ4n) is 2.92. The van der Waals surface area contributed by atoms with Crippen molar-refractivity contribution in [2.24, 2.45) is 0 Å². The molecule has 0 N–H and O–H groups in total. The van der Waals surface area contributed by atoms with Crippen LogP contribution in [-0.2, 0) is 6.54 Å². The number of amides is 2. The van der Waals surface area contributed by atoms with Gasteiger partial charge in [-0.2, -0.15) is 0 Å². The van der Waals surface area contributed by atoms with E-state index >= 15 is 0 Å². The predicted molar refractivity (Wildman–Crippen MR) is 94.9 cm³/mol. The molecule has 0 bridgehead atoms. The van der Waals surface area contributed by atoms with E-state index in [1.165, 1.54) is 16.7 Å². The average molecular weight is 308 g/mol. The fraction of sp³-hybridized carbons (Fsp3) is 0.350. The third-order valence-corrected chi connectivity index (χ3v) is 4.46. The number of aryl methyl sites for hydroxylation is 1. The van der Waals surface area contributed by atoms with Gasteiger partial charge < -0.3 is 4.90 Å². The molecule has 0 unspecified atom stereocenters. The largest absolute Gasteiger partial charge is 0.324 e. The molecule has 2 amide bonds.